The molecule has 0 amide bonds. The number of aliphatic hydroxyl groups is 1. The molecule has 0 heterocycles. The lowest BCUT2D eigenvalue weighted by Crippen LogP contribution is -2.47. The van der Waals surface area contributed by atoms with Gasteiger partial charge in [-0.3, -0.25) is 0 Å². The van der Waals surface area contributed by atoms with E-state index in [-0.39, 0.29) is 11.5 Å². The van der Waals surface area contributed by atoms with Gasteiger partial charge in [-0.1, -0.05) is 81.8 Å². The van der Waals surface area contributed by atoms with Crippen LogP contribution in [0.5, 0.6) is 5.75 Å². The van der Waals surface area contributed by atoms with Gasteiger partial charge in [-0.05, 0) is 109 Å². The number of unbranched alkanes of at least 4 members (excludes halogenated alkanes) is 6. The summed E-state index contributed by atoms with van der Waals surface area (Å²) in [5.74, 6) is 3.12. The number of aromatic hydroxyl groups is 1. The molecule has 2 fully saturated rings. The molecule has 2 N–H and O–H groups in total. The van der Waals surface area contributed by atoms with Crippen molar-refractivity contribution in [2.75, 3.05) is 0 Å². The van der Waals surface area contributed by atoms with Gasteiger partial charge in [0.05, 0.1) is 6.10 Å². The van der Waals surface area contributed by atoms with Crippen LogP contribution in [0.15, 0.2) is 48.5 Å². The van der Waals surface area contributed by atoms with Crippen molar-refractivity contribution in [3.63, 3.8) is 0 Å². The van der Waals surface area contributed by atoms with E-state index in [0.29, 0.717) is 29.4 Å². The van der Waals surface area contributed by atoms with E-state index in [1.165, 1.54) is 87.3 Å². The molecule has 3 aliphatic carbocycles. The number of benzene rings is 2. The van der Waals surface area contributed by atoms with Gasteiger partial charge in [0.2, 0.25) is 0 Å². The second kappa shape index (κ2) is 11.1. The lowest BCUT2D eigenvalue weighted by molar-refractivity contribution is -0.0396. The minimum atomic E-state index is -0.114. The van der Waals surface area contributed by atoms with Crippen LogP contribution in [0.3, 0.4) is 0 Å². The van der Waals surface area contributed by atoms with Crippen LogP contribution >= 0.6 is 0 Å². The monoisotopic (exact) mass is 474 g/mol. The smallest absolute Gasteiger partial charge is 0.115 e. The van der Waals surface area contributed by atoms with Crippen LogP contribution in [0.2, 0.25) is 0 Å². The zero-order valence-corrected chi connectivity index (χ0v) is 21.8. The van der Waals surface area contributed by atoms with Gasteiger partial charge in [0, 0.05) is 0 Å². The van der Waals surface area contributed by atoms with Crippen molar-refractivity contribution in [3.8, 4) is 5.75 Å². The Balaban J connectivity index is 1.12. The first-order chi connectivity index (χ1) is 17.1. The van der Waals surface area contributed by atoms with Gasteiger partial charge in [-0.2, -0.15) is 0 Å². The first-order valence-corrected chi connectivity index (χ1v) is 14.6. The molecule has 6 atom stereocenters. The third kappa shape index (κ3) is 5.33. The second-order valence-electron chi connectivity index (χ2n) is 12.3. The number of aryl methyl sites for hydroxylation is 1. The van der Waals surface area contributed by atoms with E-state index in [0.717, 1.165) is 19.3 Å². The lowest BCUT2D eigenvalue weighted by atomic mass is 9.52. The van der Waals surface area contributed by atoms with Gasteiger partial charge >= 0.3 is 0 Å². The van der Waals surface area contributed by atoms with Crippen LogP contribution in [-0.4, -0.2) is 16.3 Å². The highest BCUT2D eigenvalue weighted by atomic mass is 16.3. The highest BCUT2D eigenvalue weighted by molar-refractivity contribution is 5.40. The quantitative estimate of drug-likeness (QED) is 0.341. The Morgan fingerprint density at radius 1 is 0.857 bits per heavy atom. The summed E-state index contributed by atoms with van der Waals surface area (Å²) in [6.07, 6.45) is 17.5. The molecule has 190 valence electrons. The summed E-state index contributed by atoms with van der Waals surface area (Å²) >= 11 is 0. The molecule has 0 radical (unpaired) electrons. The van der Waals surface area contributed by atoms with Crippen molar-refractivity contribution in [2.45, 2.75) is 109 Å². The fourth-order valence-corrected chi connectivity index (χ4v) is 8.30. The normalized spacial score (nSPS) is 31.5. The Morgan fingerprint density at radius 2 is 1.60 bits per heavy atom. The summed E-state index contributed by atoms with van der Waals surface area (Å²) in [5, 5.41) is 21.0. The average molecular weight is 475 g/mol. The van der Waals surface area contributed by atoms with Crippen molar-refractivity contribution >= 4 is 0 Å². The Kier molecular flexibility index (Phi) is 7.87. The van der Waals surface area contributed by atoms with E-state index in [4.69, 9.17) is 0 Å². The van der Waals surface area contributed by atoms with E-state index in [1.54, 1.807) is 0 Å². The van der Waals surface area contributed by atoms with Crippen LogP contribution in [0.25, 0.3) is 0 Å². The van der Waals surface area contributed by atoms with Crippen molar-refractivity contribution < 1.29 is 10.2 Å². The highest BCUT2D eigenvalue weighted by Crippen LogP contribution is 2.62. The maximum Gasteiger partial charge on any atom is 0.115 e. The third-order valence-corrected chi connectivity index (χ3v) is 10.2. The maximum atomic E-state index is 10.9. The van der Waals surface area contributed by atoms with E-state index in [1.807, 2.05) is 12.1 Å². The molecule has 0 saturated heterocycles. The summed E-state index contributed by atoms with van der Waals surface area (Å²) in [7, 11) is 0. The lowest BCUT2D eigenvalue weighted by Gasteiger charge is -2.53. The van der Waals surface area contributed by atoms with Gasteiger partial charge in [0.25, 0.3) is 0 Å². The Morgan fingerprint density at radius 3 is 2.40 bits per heavy atom. The molecule has 2 aromatic carbocycles. The zero-order valence-electron chi connectivity index (χ0n) is 21.8. The third-order valence-electron chi connectivity index (χ3n) is 10.2. The summed E-state index contributed by atoms with van der Waals surface area (Å²) in [5.41, 5.74) is 4.50. The van der Waals surface area contributed by atoms with Crippen LogP contribution in [-0.2, 0) is 12.8 Å². The van der Waals surface area contributed by atoms with Gasteiger partial charge in [-0.15, -0.1) is 0 Å². The fourth-order valence-electron chi connectivity index (χ4n) is 8.30. The van der Waals surface area contributed by atoms with E-state index in [2.05, 4.69) is 43.3 Å². The molecule has 2 aromatic rings. The molecule has 0 aromatic heterocycles. The van der Waals surface area contributed by atoms with Crippen molar-refractivity contribution in [2.24, 2.45) is 23.2 Å². The van der Waals surface area contributed by atoms with Gasteiger partial charge < -0.3 is 10.2 Å². The molecule has 2 heteroatoms. The molecule has 2 nitrogen and oxygen atoms in total. The molecule has 0 aliphatic heterocycles. The molecule has 6 unspecified atom stereocenters. The maximum absolute atomic E-state index is 10.9. The number of phenols is 1. The predicted molar refractivity (Wildman–Crippen MR) is 145 cm³/mol. The predicted octanol–water partition coefficient (Wildman–Crippen LogP) is 8.20. The Labute approximate surface area is 213 Å². The largest absolute Gasteiger partial charge is 0.508 e. The molecule has 2 saturated carbocycles. The Bertz CT molecular complexity index is 953. The topological polar surface area (TPSA) is 40.5 Å². The molecule has 35 heavy (non-hydrogen) atoms. The van der Waals surface area contributed by atoms with Gasteiger partial charge in [-0.25, -0.2) is 0 Å². The van der Waals surface area contributed by atoms with Crippen molar-refractivity contribution in [1.82, 2.24) is 0 Å². The number of rotatable bonds is 10. The van der Waals surface area contributed by atoms with Crippen molar-refractivity contribution in [1.29, 1.82) is 0 Å². The van der Waals surface area contributed by atoms with Crippen LogP contribution in [0, 0.1) is 23.2 Å². The average Bonchev–Trinajstić information content (AvgIpc) is 3.17. The molecular formula is C33H46O2. The SMILES string of the molecule is CC12CCC3c4ccc(O)cc4CC(CCCCCCCCCc4ccccc4)C3C1CCC2O. The summed E-state index contributed by atoms with van der Waals surface area (Å²) < 4.78 is 0. The molecule has 0 spiro atoms. The first-order valence-electron chi connectivity index (χ1n) is 14.6. The minimum absolute atomic E-state index is 0.114. The number of phenolic OH excluding ortho intramolecular Hbond substituents is 1. The number of hydrogen-bond donors (Lipinski definition) is 2. The summed E-state index contributed by atoms with van der Waals surface area (Å²) in [4.78, 5) is 0. The van der Waals surface area contributed by atoms with Crippen LogP contribution in [0.4, 0.5) is 0 Å². The van der Waals surface area contributed by atoms with E-state index in [9.17, 15) is 10.2 Å². The molecular weight excluding hydrogens is 428 g/mol. The Hall–Kier alpha value is -1.80. The van der Waals surface area contributed by atoms with E-state index < -0.39 is 0 Å². The highest BCUT2D eigenvalue weighted by Gasteiger charge is 2.56. The minimum Gasteiger partial charge on any atom is -0.508 e. The first kappa shape index (κ1) is 24.9. The fraction of sp³-hybridized carbons (Fsp3) is 0.636. The summed E-state index contributed by atoms with van der Waals surface area (Å²) in [6, 6.07) is 17.0. The number of hydrogen-bond acceptors (Lipinski definition) is 2. The van der Waals surface area contributed by atoms with Gasteiger partial charge in [0.15, 0.2) is 0 Å². The zero-order chi connectivity index (χ0) is 24.3. The second-order valence-corrected chi connectivity index (χ2v) is 12.3. The van der Waals surface area contributed by atoms with Crippen LogP contribution < -0.4 is 0 Å². The molecule has 0 bridgehead atoms. The van der Waals surface area contributed by atoms with Crippen molar-refractivity contribution in [3.05, 3.63) is 65.2 Å². The van der Waals surface area contributed by atoms with Gasteiger partial charge in [0.1, 0.15) is 5.75 Å². The number of fused-ring (bicyclic) bond motifs is 5. The standard InChI is InChI=1S/C33H46O2/c1-33-21-20-29-28-17-16-27(34)23-26(28)22-25(32(29)30(33)18-19-31(33)35)15-11-6-4-2-3-5-8-12-24-13-9-7-10-14-24/h7,9-10,13-14,16-17,23,25,29-32,34-35H,2-6,8,11-12,15,18-22H2,1H3. The molecule has 5 rings (SSSR count). The van der Waals surface area contributed by atoms with E-state index >= 15 is 0 Å². The van der Waals surface area contributed by atoms with Crippen LogP contribution in [0.1, 0.15) is 107 Å². The summed E-state index contributed by atoms with van der Waals surface area (Å²) in [6.45, 7) is 2.38. The number of aliphatic hydroxyl groups excluding tert-OH is 1. The molecule has 3 aliphatic rings.